The van der Waals surface area contributed by atoms with E-state index in [1.54, 1.807) is 0 Å². The number of pyridine rings is 1. The number of halogens is 1. The topological polar surface area (TPSA) is 48.1 Å². The van der Waals surface area contributed by atoms with Crippen molar-refractivity contribution in [2.75, 3.05) is 5.73 Å². The maximum absolute atomic E-state index is 6.08. The predicted molar refractivity (Wildman–Crippen MR) is 86.7 cm³/mol. The van der Waals surface area contributed by atoms with Crippen LogP contribution in [-0.2, 0) is 6.61 Å². The third-order valence-electron chi connectivity index (χ3n) is 3.26. The maximum atomic E-state index is 6.08. The fourth-order valence-corrected chi connectivity index (χ4v) is 2.43. The Kier molecular flexibility index (Phi) is 3.67. The van der Waals surface area contributed by atoms with Gasteiger partial charge >= 0.3 is 0 Å². The van der Waals surface area contributed by atoms with Crippen LogP contribution in [-0.4, -0.2) is 4.98 Å². The quantitative estimate of drug-likeness (QED) is 0.731. The Morgan fingerprint density at radius 3 is 2.62 bits per heavy atom. The van der Waals surface area contributed by atoms with E-state index in [1.807, 2.05) is 55.5 Å². The molecule has 0 fully saturated rings. The average molecular weight is 299 g/mol. The number of fused-ring (bicyclic) bond motifs is 1. The Bertz CT molecular complexity index is 785. The lowest BCUT2D eigenvalue weighted by atomic mass is 10.1. The van der Waals surface area contributed by atoms with Crippen LogP contribution in [0.5, 0.6) is 5.75 Å². The zero-order valence-electron chi connectivity index (χ0n) is 11.6. The highest BCUT2D eigenvalue weighted by Gasteiger charge is 2.06. The number of nitrogens with zero attached hydrogens (tertiary/aromatic N) is 1. The molecule has 106 valence electrons. The summed E-state index contributed by atoms with van der Waals surface area (Å²) in [5.74, 6) is 0.786. The van der Waals surface area contributed by atoms with Crippen molar-refractivity contribution in [1.82, 2.24) is 4.98 Å². The summed E-state index contributed by atoms with van der Waals surface area (Å²) in [5, 5.41) is 1.71. The molecule has 0 aliphatic heterocycles. The molecule has 0 aliphatic carbocycles. The number of benzene rings is 2. The fraction of sp³-hybridized carbons (Fsp3) is 0.118. The molecule has 0 saturated heterocycles. The second kappa shape index (κ2) is 5.62. The zero-order valence-corrected chi connectivity index (χ0v) is 12.4. The lowest BCUT2D eigenvalue weighted by Crippen LogP contribution is -1.99. The van der Waals surface area contributed by atoms with Gasteiger partial charge in [0.2, 0.25) is 0 Å². The van der Waals surface area contributed by atoms with Gasteiger partial charge in [-0.2, -0.15) is 0 Å². The van der Waals surface area contributed by atoms with Gasteiger partial charge in [0.1, 0.15) is 12.4 Å². The number of aromatic nitrogens is 1. The molecule has 1 aromatic heterocycles. The van der Waals surface area contributed by atoms with E-state index in [0.29, 0.717) is 11.6 Å². The number of rotatable bonds is 3. The SMILES string of the molecule is Cc1cc(COc2ccc(N)cc2)c2cc(Cl)ccc2n1. The van der Waals surface area contributed by atoms with E-state index >= 15 is 0 Å². The molecule has 0 amide bonds. The number of ether oxygens (including phenoxy) is 1. The van der Waals surface area contributed by atoms with E-state index in [1.165, 1.54) is 0 Å². The van der Waals surface area contributed by atoms with Crippen LogP contribution < -0.4 is 10.5 Å². The second-order valence-corrected chi connectivity index (χ2v) is 5.38. The lowest BCUT2D eigenvalue weighted by molar-refractivity contribution is 0.307. The molecule has 0 atom stereocenters. The summed E-state index contributed by atoms with van der Waals surface area (Å²) in [7, 11) is 0. The molecule has 0 aliphatic rings. The van der Waals surface area contributed by atoms with Crippen molar-refractivity contribution in [3.8, 4) is 5.75 Å². The number of nitrogens with two attached hydrogens (primary N) is 1. The minimum absolute atomic E-state index is 0.462. The molecule has 1 heterocycles. The summed E-state index contributed by atoms with van der Waals surface area (Å²) in [6.45, 7) is 2.44. The first-order valence-electron chi connectivity index (χ1n) is 6.66. The van der Waals surface area contributed by atoms with Gasteiger partial charge in [0.05, 0.1) is 5.52 Å². The number of hydrogen-bond acceptors (Lipinski definition) is 3. The van der Waals surface area contributed by atoms with E-state index in [0.717, 1.165) is 33.6 Å². The average Bonchev–Trinajstić information content (AvgIpc) is 2.47. The molecule has 2 N–H and O–H groups in total. The van der Waals surface area contributed by atoms with E-state index in [9.17, 15) is 0 Å². The highest BCUT2D eigenvalue weighted by atomic mass is 35.5. The summed E-state index contributed by atoms with van der Waals surface area (Å²) >= 11 is 6.08. The first-order chi connectivity index (χ1) is 10.1. The van der Waals surface area contributed by atoms with Gasteiger partial charge in [0.15, 0.2) is 0 Å². The van der Waals surface area contributed by atoms with Crippen LogP contribution in [0.1, 0.15) is 11.3 Å². The summed E-state index contributed by atoms with van der Waals surface area (Å²) in [4.78, 5) is 4.51. The maximum Gasteiger partial charge on any atom is 0.119 e. The van der Waals surface area contributed by atoms with E-state index in [-0.39, 0.29) is 0 Å². The van der Waals surface area contributed by atoms with E-state index < -0.39 is 0 Å². The monoisotopic (exact) mass is 298 g/mol. The van der Waals surface area contributed by atoms with Crippen molar-refractivity contribution in [2.45, 2.75) is 13.5 Å². The highest BCUT2D eigenvalue weighted by Crippen LogP contribution is 2.24. The van der Waals surface area contributed by atoms with Gasteiger partial charge in [-0.15, -0.1) is 0 Å². The van der Waals surface area contributed by atoms with Gasteiger partial charge in [-0.3, -0.25) is 4.98 Å². The first kappa shape index (κ1) is 13.7. The van der Waals surface area contributed by atoms with Gasteiger partial charge in [-0.25, -0.2) is 0 Å². The van der Waals surface area contributed by atoms with Crippen molar-refractivity contribution in [1.29, 1.82) is 0 Å². The molecule has 4 heteroatoms. The largest absolute Gasteiger partial charge is 0.489 e. The molecule has 3 nitrogen and oxygen atoms in total. The Balaban J connectivity index is 1.92. The van der Waals surface area contributed by atoms with E-state index in [2.05, 4.69) is 4.98 Å². The van der Waals surface area contributed by atoms with Gasteiger partial charge in [0, 0.05) is 27.4 Å². The Morgan fingerprint density at radius 1 is 1.10 bits per heavy atom. The number of hydrogen-bond donors (Lipinski definition) is 1. The summed E-state index contributed by atoms with van der Waals surface area (Å²) in [6.07, 6.45) is 0. The highest BCUT2D eigenvalue weighted by molar-refractivity contribution is 6.31. The number of nitrogen functional groups attached to an aromatic ring is 1. The summed E-state index contributed by atoms with van der Waals surface area (Å²) in [5.41, 5.74) is 9.34. The van der Waals surface area contributed by atoms with Crippen molar-refractivity contribution in [3.05, 3.63) is 64.8 Å². The second-order valence-electron chi connectivity index (χ2n) is 4.94. The summed E-state index contributed by atoms with van der Waals surface area (Å²) < 4.78 is 5.82. The van der Waals surface area contributed by atoms with Gasteiger partial charge in [-0.05, 0) is 55.5 Å². The van der Waals surface area contributed by atoms with Gasteiger partial charge in [-0.1, -0.05) is 11.6 Å². The summed E-state index contributed by atoms with van der Waals surface area (Å²) in [6, 6.07) is 15.1. The van der Waals surface area contributed by atoms with Crippen LogP contribution in [0.4, 0.5) is 5.69 Å². The number of aryl methyl sites for hydroxylation is 1. The molecule has 3 rings (SSSR count). The smallest absolute Gasteiger partial charge is 0.119 e. The lowest BCUT2D eigenvalue weighted by Gasteiger charge is -2.10. The zero-order chi connectivity index (χ0) is 14.8. The molecule has 0 bridgehead atoms. The Morgan fingerprint density at radius 2 is 1.86 bits per heavy atom. The van der Waals surface area contributed by atoms with Crippen LogP contribution in [0, 0.1) is 6.92 Å². The third-order valence-corrected chi connectivity index (χ3v) is 3.49. The minimum atomic E-state index is 0.462. The van der Waals surface area contributed by atoms with Crippen LogP contribution in [0.3, 0.4) is 0 Å². The minimum Gasteiger partial charge on any atom is -0.489 e. The molecule has 0 unspecified atom stereocenters. The van der Waals surface area contributed by atoms with Gasteiger partial charge < -0.3 is 10.5 Å². The third kappa shape index (κ3) is 3.09. The fourth-order valence-electron chi connectivity index (χ4n) is 2.26. The standard InChI is InChI=1S/C17H15ClN2O/c1-11-8-12(10-21-15-5-3-14(19)4-6-15)16-9-13(18)2-7-17(16)20-11/h2-9H,10,19H2,1H3. The molecule has 21 heavy (non-hydrogen) atoms. The molecular weight excluding hydrogens is 284 g/mol. The molecule has 0 spiro atoms. The van der Waals surface area contributed by atoms with E-state index in [4.69, 9.17) is 22.1 Å². The van der Waals surface area contributed by atoms with Crippen LogP contribution >= 0.6 is 11.6 Å². The van der Waals surface area contributed by atoms with Crippen LogP contribution in [0.2, 0.25) is 5.02 Å². The molecular formula is C17H15ClN2O. The Hall–Kier alpha value is -2.26. The first-order valence-corrected chi connectivity index (χ1v) is 7.04. The Labute approximate surface area is 128 Å². The van der Waals surface area contributed by atoms with Crippen molar-refractivity contribution >= 4 is 28.2 Å². The molecule has 3 aromatic rings. The molecule has 0 saturated carbocycles. The normalized spacial score (nSPS) is 10.8. The van der Waals surface area contributed by atoms with Crippen molar-refractivity contribution in [3.63, 3.8) is 0 Å². The predicted octanol–water partition coefficient (Wildman–Crippen LogP) is 4.36. The molecule has 2 aromatic carbocycles. The van der Waals surface area contributed by atoms with Crippen molar-refractivity contribution < 1.29 is 4.74 Å². The number of anilines is 1. The van der Waals surface area contributed by atoms with Gasteiger partial charge in [0.25, 0.3) is 0 Å². The van der Waals surface area contributed by atoms with Crippen LogP contribution in [0.25, 0.3) is 10.9 Å². The van der Waals surface area contributed by atoms with Crippen molar-refractivity contribution in [2.24, 2.45) is 0 Å². The van der Waals surface area contributed by atoms with Crippen LogP contribution in [0.15, 0.2) is 48.5 Å². The molecule has 0 radical (unpaired) electrons.